The molecule has 0 unspecified atom stereocenters. The van der Waals surface area contributed by atoms with Crippen LogP contribution in [0.5, 0.6) is 0 Å². The van der Waals surface area contributed by atoms with Crippen molar-refractivity contribution >= 4 is 16.1 Å². The Labute approximate surface area is 96.9 Å². The summed E-state index contributed by atoms with van der Waals surface area (Å²) in [5.41, 5.74) is -1.53. The van der Waals surface area contributed by atoms with E-state index in [1.54, 1.807) is 34.6 Å². The summed E-state index contributed by atoms with van der Waals surface area (Å²) in [7, 11) is -4.04. The minimum atomic E-state index is -4.04. The Hall–Kier alpha value is -0.620. The van der Waals surface area contributed by atoms with E-state index in [9.17, 15) is 13.2 Å². The summed E-state index contributed by atoms with van der Waals surface area (Å²) >= 11 is 0. The molecule has 0 rings (SSSR count). The molecule has 0 saturated heterocycles. The van der Waals surface area contributed by atoms with Crippen LogP contribution in [0.1, 0.15) is 41.0 Å². The number of hydrogen-bond donors (Lipinski definition) is 1. The van der Waals surface area contributed by atoms with Crippen LogP contribution in [0.25, 0.3) is 0 Å². The first-order valence-electron chi connectivity index (χ1n) is 5.02. The smallest absolute Gasteiger partial charge is 0.312 e. The van der Waals surface area contributed by atoms with Gasteiger partial charge in [0.05, 0.1) is 11.2 Å². The van der Waals surface area contributed by atoms with Gasteiger partial charge in [0.1, 0.15) is 5.60 Å². The van der Waals surface area contributed by atoms with Crippen molar-refractivity contribution in [1.82, 2.24) is 0 Å². The van der Waals surface area contributed by atoms with Gasteiger partial charge in [-0.2, -0.15) is 8.42 Å². The third-order valence-electron chi connectivity index (χ3n) is 1.94. The van der Waals surface area contributed by atoms with Gasteiger partial charge in [-0.05, 0) is 41.0 Å². The molecule has 0 spiro atoms. The Balaban J connectivity index is 4.50. The number of carbonyl (C=O) groups excluding carboxylic acids is 1. The molecular weight excluding hydrogens is 232 g/mol. The average Bonchev–Trinajstić information content (AvgIpc) is 1.96. The fraction of sp³-hybridized carbons (Fsp3) is 0.900. The van der Waals surface area contributed by atoms with Crippen molar-refractivity contribution in [3.05, 3.63) is 0 Å². The topological polar surface area (TPSA) is 80.7 Å². The maximum atomic E-state index is 11.7. The third kappa shape index (κ3) is 6.79. The zero-order valence-electron chi connectivity index (χ0n) is 10.4. The maximum absolute atomic E-state index is 11.7. The Morgan fingerprint density at radius 1 is 1.19 bits per heavy atom. The normalized spacial score (nSPS) is 13.6. The van der Waals surface area contributed by atoms with Crippen LogP contribution in [-0.2, 0) is 19.6 Å². The SMILES string of the molecule is CC(C)(C)OC(=O)C(C)(C)CCS(=O)(=O)O. The molecule has 1 N–H and O–H groups in total. The molecule has 0 aromatic rings. The minimum Gasteiger partial charge on any atom is -0.460 e. The molecule has 0 radical (unpaired) electrons. The fourth-order valence-corrected chi connectivity index (χ4v) is 1.67. The zero-order valence-corrected chi connectivity index (χ0v) is 11.2. The number of rotatable bonds is 4. The molecule has 0 aliphatic rings. The molecule has 0 aliphatic heterocycles. The summed E-state index contributed by atoms with van der Waals surface area (Å²) < 4.78 is 34.9. The molecule has 5 nitrogen and oxygen atoms in total. The first kappa shape index (κ1) is 15.4. The summed E-state index contributed by atoms with van der Waals surface area (Å²) in [6.45, 7) is 8.40. The van der Waals surface area contributed by atoms with Gasteiger partial charge in [0, 0.05) is 0 Å². The molecule has 0 saturated carbocycles. The Morgan fingerprint density at radius 2 is 1.62 bits per heavy atom. The van der Waals surface area contributed by atoms with Gasteiger partial charge in [-0.3, -0.25) is 9.35 Å². The van der Waals surface area contributed by atoms with Gasteiger partial charge in [-0.25, -0.2) is 0 Å². The van der Waals surface area contributed by atoms with Crippen LogP contribution >= 0.6 is 0 Å². The fourth-order valence-electron chi connectivity index (χ4n) is 0.902. The highest BCUT2D eigenvalue weighted by Crippen LogP contribution is 2.25. The molecule has 6 heteroatoms. The van der Waals surface area contributed by atoms with Gasteiger partial charge < -0.3 is 4.74 Å². The van der Waals surface area contributed by atoms with Crippen LogP contribution in [0, 0.1) is 5.41 Å². The van der Waals surface area contributed by atoms with Crippen molar-refractivity contribution < 1.29 is 22.5 Å². The first-order valence-corrected chi connectivity index (χ1v) is 6.63. The van der Waals surface area contributed by atoms with Crippen molar-refractivity contribution in [2.75, 3.05) is 5.75 Å². The van der Waals surface area contributed by atoms with Crippen LogP contribution < -0.4 is 0 Å². The van der Waals surface area contributed by atoms with E-state index in [-0.39, 0.29) is 6.42 Å². The van der Waals surface area contributed by atoms with E-state index in [2.05, 4.69) is 0 Å². The van der Waals surface area contributed by atoms with Gasteiger partial charge in [-0.15, -0.1) is 0 Å². The predicted molar refractivity (Wildman–Crippen MR) is 60.7 cm³/mol. The van der Waals surface area contributed by atoms with Crippen LogP contribution in [0.2, 0.25) is 0 Å². The second kappa shape index (κ2) is 4.71. The van der Waals surface area contributed by atoms with Crippen LogP contribution in [0.15, 0.2) is 0 Å². The zero-order chi connectivity index (χ0) is 13.2. The Bertz CT molecular complexity index is 348. The van der Waals surface area contributed by atoms with Crippen molar-refractivity contribution in [1.29, 1.82) is 0 Å². The third-order valence-corrected chi connectivity index (χ3v) is 2.66. The van der Waals surface area contributed by atoms with E-state index in [0.717, 1.165) is 0 Å². The second-order valence-electron chi connectivity index (χ2n) is 5.42. The molecule has 0 heterocycles. The molecule has 0 aliphatic carbocycles. The second-order valence-corrected chi connectivity index (χ2v) is 6.99. The quantitative estimate of drug-likeness (QED) is 0.607. The largest absolute Gasteiger partial charge is 0.460 e. The molecular formula is C10H20O5S. The molecule has 16 heavy (non-hydrogen) atoms. The highest BCUT2D eigenvalue weighted by atomic mass is 32.2. The number of hydrogen-bond acceptors (Lipinski definition) is 4. The average molecular weight is 252 g/mol. The van der Waals surface area contributed by atoms with Gasteiger partial charge in [-0.1, -0.05) is 0 Å². The van der Waals surface area contributed by atoms with Crippen molar-refractivity contribution in [3.8, 4) is 0 Å². The van der Waals surface area contributed by atoms with E-state index in [1.807, 2.05) is 0 Å². The van der Waals surface area contributed by atoms with Crippen molar-refractivity contribution in [3.63, 3.8) is 0 Å². The van der Waals surface area contributed by atoms with E-state index in [0.29, 0.717) is 0 Å². The summed E-state index contributed by atoms with van der Waals surface area (Å²) in [6.07, 6.45) is 0.0285. The van der Waals surface area contributed by atoms with Crippen LogP contribution in [0.4, 0.5) is 0 Å². The van der Waals surface area contributed by atoms with Gasteiger partial charge in [0.2, 0.25) is 0 Å². The van der Waals surface area contributed by atoms with E-state index < -0.39 is 32.9 Å². The number of esters is 1. The molecule has 0 aromatic carbocycles. The summed E-state index contributed by atoms with van der Waals surface area (Å²) in [6, 6.07) is 0. The lowest BCUT2D eigenvalue weighted by Crippen LogP contribution is -2.35. The molecule has 0 bridgehead atoms. The summed E-state index contributed by atoms with van der Waals surface area (Å²) in [4.78, 5) is 11.7. The lowest BCUT2D eigenvalue weighted by atomic mass is 9.90. The highest BCUT2D eigenvalue weighted by Gasteiger charge is 2.33. The predicted octanol–water partition coefficient (Wildman–Crippen LogP) is 1.63. The summed E-state index contributed by atoms with van der Waals surface area (Å²) in [5, 5.41) is 0. The lowest BCUT2D eigenvalue weighted by Gasteiger charge is -2.28. The molecule has 0 atom stereocenters. The highest BCUT2D eigenvalue weighted by molar-refractivity contribution is 7.85. The number of carbonyl (C=O) groups is 1. The van der Waals surface area contributed by atoms with Crippen molar-refractivity contribution in [2.45, 2.75) is 46.6 Å². The molecule has 0 fully saturated rings. The van der Waals surface area contributed by atoms with E-state index in [4.69, 9.17) is 9.29 Å². The molecule has 96 valence electrons. The van der Waals surface area contributed by atoms with Crippen molar-refractivity contribution in [2.24, 2.45) is 5.41 Å². The standard InChI is InChI=1S/C10H20O5S/c1-9(2,3)15-8(11)10(4,5)6-7-16(12,13)14/h6-7H2,1-5H3,(H,12,13,14). The number of ether oxygens (including phenoxy) is 1. The maximum Gasteiger partial charge on any atom is 0.312 e. The van der Waals surface area contributed by atoms with Gasteiger partial charge in [0.15, 0.2) is 0 Å². The monoisotopic (exact) mass is 252 g/mol. The molecule has 0 aromatic heterocycles. The summed E-state index contributed by atoms with van der Waals surface area (Å²) in [5.74, 6) is -0.914. The van der Waals surface area contributed by atoms with Gasteiger partial charge in [0.25, 0.3) is 10.1 Å². The lowest BCUT2D eigenvalue weighted by molar-refractivity contribution is -0.165. The van der Waals surface area contributed by atoms with Gasteiger partial charge >= 0.3 is 5.97 Å². The van der Waals surface area contributed by atoms with Crippen LogP contribution in [-0.4, -0.2) is 30.3 Å². The Kier molecular flexibility index (Phi) is 4.53. The molecule has 0 amide bonds. The Morgan fingerprint density at radius 3 is 1.94 bits per heavy atom. The van der Waals surface area contributed by atoms with E-state index in [1.165, 1.54) is 0 Å². The van der Waals surface area contributed by atoms with Crippen LogP contribution in [0.3, 0.4) is 0 Å². The van der Waals surface area contributed by atoms with E-state index >= 15 is 0 Å². The minimum absolute atomic E-state index is 0.0285. The first-order chi connectivity index (χ1) is 6.83.